The predicted octanol–water partition coefficient (Wildman–Crippen LogP) is 2.55. The van der Waals surface area contributed by atoms with Crippen LogP contribution in [0.25, 0.3) is 0 Å². The van der Waals surface area contributed by atoms with Crippen molar-refractivity contribution in [1.82, 2.24) is 10.6 Å². The lowest BCUT2D eigenvalue weighted by Gasteiger charge is -2.12. The van der Waals surface area contributed by atoms with Gasteiger partial charge in [0, 0.05) is 12.1 Å². The van der Waals surface area contributed by atoms with Crippen molar-refractivity contribution in [3.63, 3.8) is 0 Å². The number of hydrogen-bond donors (Lipinski definition) is 3. The van der Waals surface area contributed by atoms with Crippen LogP contribution < -0.4 is 25.8 Å². The lowest BCUT2D eigenvalue weighted by Crippen LogP contribution is -2.39. The first kappa shape index (κ1) is 23.5. The number of benzene rings is 2. The maximum Gasteiger partial charge on any atom is 0.248 e. The van der Waals surface area contributed by atoms with Crippen LogP contribution in [0.2, 0.25) is 0 Å². The van der Waals surface area contributed by atoms with E-state index in [1.54, 1.807) is 25.3 Å². The zero-order valence-corrected chi connectivity index (χ0v) is 18.4. The van der Waals surface area contributed by atoms with Gasteiger partial charge in [-0.2, -0.15) is 0 Å². The molecule has 8 heteroatoms. The molecule has 0 spiro atoms. The van der Waals surface area contributed by atoms with E-state index in [0.29, 0.717) is 31.2 Å². The van der Waals surface area contributed by atoms with Gasteiger partial charge in [0.2, 0.25) is 5.91 Å². The molecule has 0 heterocycles. The number of hydrogen-bond acceptors (Lipinski definition) is 4. The van der Waals surface area contributed by atoms with Crippen molar-refractivity contribution in [3.05, 3.63) is 59.7 Å². The molecule has 0 aliphatic heterocycles. The summed E-state index contributed by atoms with van der Waals surface area (Å²) >= 11 is 0. The molecule has 2 rings (SSSR count). The Morgan fingerprint density at radius 3 is 2.46 bits per heavy atom. The standard InChI is InChI=1S/C20H26N4O3.HI/c1-3-22-20(24-14-15-5-4-6-16(13-15)19(21)25)23-11-12-27-18-9-7-17(26-2)8-10-18;/h4-10,13H,3,11-12,14H2,1-2H3,(H2,21,25)(H2,22,23,24);1H. The molecule has 0 aliphatic carbocycles. The molecular weight excluding hydrogens is 471 g/mol. The van der Waals surface area contributed by atoms with E-state index in [-0.39, 0.29) is 24.0 Å². The van der Waals surface area contributed by atoms with E-state index in [9.17, 15) is 4.79 Å². The van der Waals surface area contributed by atoms with Gasteiger partial charge in [-0.3, -0.25) is 4.79 Å². The highest BCUT2D eigenvalue weighted by atomic mass is 127. The van der Waals surface area contributed by atoms with Gasteiger partial charge in [0.1, 0.15) is 18.1 Å². The molecule has 4 N–H and O–H groups in total. The molecule has 1 amide bonds. The Morgan fingerprint density at radius 2 is 1.82 bits per heavy atom. The van der Waals surface area contributed by atoms with Crippen molar-refractivity contribution in [2.75, 3.05) is 26.8 Å². The van der Waals surface area contributed by atoms with E-state index in [0.717, 1.165) is 23.6 Å². The van der Waals surface area contributed by atoms with Crippen molar-refractivity contribution in [2.24, 2.45) is 10.7 Å². The second kappa shape index (κ2) is 12.8. The summed E-state index contributed by atoms with van der Waals surface area (Å²) in [5, 5.41) is 6.40. The number of nitrogens with one attached hydrogen (secondary N) is 2. The number of halogens is 1. The average Bonchev–Trinajstić information content (AvgIpc) is 2.70. The topological polar surface area (TPSA) is 98.0 Å². The van der Waals surface area contributed by atoms with Crippen molar-refractivity contribution in [1.29, 1.82) is 0 Å². The number of rotatable bonds is 9. The Kier molecular flexibility index (Phi) is 10.8. The van der Waals surface area contributed by atoms with E-state index in [2.05, 4.69) is 15.6 Å². The van der Waals surface area contributed by atoms with Crippen LogP contribution in [0.5, 0.6) is 11.5 Å². The van der Waals surface area contributed by atoms with Crippen molar-refractivity contribution in [2.45, 2.75) is 13.5 Å². The van der Waals surface area contributed by atoms with Crippen molar-refractivity contribution < 1.29 is 14.3 Å². The predicted molar refractivity (Wildman–Crippen MR) is 122 cm³/mol. The van der Waals surface area contributed by atoms with Crippen LogP contribution in [0.4, 0.5) is 0 Å². The lowest BCUT2D eigenvalue weighted by molar-refractivity contribution is 0.1000. The number of primary amides is 1. The average molecular weight is 498 g/mol. The van der Waals surface area contributed by atoms with Gasteiger partial charge >= 0.3 is 0 Å². The molecular formula is C20H27IN4O3. The number of ether oxygens (including phenoxy) is 2. The summed E-state index contributed by atoms with van der Waals surface area (Å²) < 4.78 is 10.8. The van der Waals surface area contributed by atoms with Crippen LogP contribution in [-0.2, 0) is 6.54 Å². The molecule has 0 unspecified atom stereocenters. The Hall–Kier alpha value is -2.49. The number of methoxy groups -OCH3 is 1. The minimum Gasteiger partial charge on any atom is -0.497 e. The molecule has 0 radical (unpaired) electrons. The maximum atomic E-state index is 11.3. The molecule has 2 aromatic carbocycles. The largest absolute Gasteiger partial charge is 0.497 e. The Morgan fingerprint density at radius 1 is 1.11 bits per heavy atom. The minimum atomic E-state index is -0.443. The van der Waals surface area contributed by atoms with E-state index >= 15 is 0 Å². The highest BCUT2D eigenvalue weighted by molar-refractivity contribution is 14.0. The smallest absolute Gasteiger partial charge is 0.248 e. The summed E-state index contributed by atoms with van der Waals surface area (Å²) in [6.07, 6.45) is 0. The van der Waals surface area contributed by atoms with Crippen molar-refractivity contribution >= 4 is 35.8 Å². The fraction of sp³-hybridized carbons (Fsp3) is 0.300. The molecule has 0 saturated carbocycles. The molecule has 0 aromatic heterocycles. The maximum absolute atomic E-state index is 11.3. The molecule has 0 atom stereocenters. The highest BCUT2D eigenvalue weighted by Crippen LogP contribution is 2.16. The third-order valence-electron chi connectivity index (χ3n) is 3.70. The first-order valence-corrected chi connectivity index (χ1v) is 8.80. The van der Waals surface area contributed by atoms with Gasteiger partial charge in [-0.05, 0) is 48.9 Å². The van der Waals surface area contributed by atoms with Crippen molar-refractivity contribution in [3.8, 4) is 11.5 Å². The molecule has 152 valence electrons. The van der Waals surface area contributed by atoms with Gasteiger partial charge in [-0.25, -0.2) is 4.99 Å². The quantitative estimate of drug-likeness (QED) is 0.214. The van der Waals surface area contributed by atoms with Gasteiger partial charge in [0.05, 0.1) is 20.2 Å². The van der Waals surface area contributed by atoms with Crippen LogP contribution in [0.15, 0.2) is 53.5 Å². The van der Waals surface area contributed by atoms with E-state index < -0.39 is 5.91 Å². The SMILES string of the molecule is CCNC(=NCc1cccc(C(N)=O)c1)NCCOc1ccc(OC)cc1.I. The third-order valence-corrected chi connectivity index (χ3v) is 3.70. The Bertz CT molecular complexity index is 766. The highest BCUT2D eigenvalue weighted by Gasteiger charge is 2.02. The molecule has 0 fully saturated rings. The number of nitrogens with two attached hydrogens (primary N) is 1. The summed E-state index contributed by atoms with van der Waals surface area (Å²) in [6, 6.07) is 14.6. The first-order chi connectivity index (χ1) is 13.1. The number of amides is 1. The second-order valence-electron chi connectivity index (χ2n) is 5.71. The fourth-order valence-electron chi connectivity index (χ4n) is 2.35. The van der Waals surface area contributed by atoms with E-state index in [1.165, 1.54) is 0 Å². The number of carbonyl (C=O) groups excluding carboxylic acids is 1. The summed E-state index contributed by atoms with van der Waals surface area (Å²) in [4.78, 5) is 15.8. The normalized spacial score (nSPS) is 10.6. The van der Waals surface area contributed by atoms with Crippen LogP contribution in [0, 0.1) is 0 Å². The van der Waals surface area contributed by atoms with Crippen LogP contribution in [0.3, 0.4) is 0 Å². The lowest BCUT2D eigenvalue weighted by atomic mass is 10.1. The van der Waals surface area contributed by atoms with Crippen LogP contribution >= 0.6 is 24.0 Å². The first-order valence-electron chi connectivity index (χ1n) is 8.80. The van der Waals surface area contributed by atoms with Gasteiger partial charge in [0.25, 0.3) is 0 Å². The summed E-state index contributed by atoms with van der Waals surface area (Å²) in [5.74, 6) is 1.81. The fourth-order valence-corrected chi connectivity index (χ4v) is 2.35. The monoisotopic (exact) mass is 498 g/mol. The number of aliphatic imine (C=N–C) groups is 1. The Labute approximate surface area is 182 Å². The van der Waals surface area contributed by atoms with E-state index in [1.807, 2.05) is 37.3 Å². The van der Waals surface area contributed by atoms with Crippen LogP contribution in [0.1, 0.15) is 22.8 Å². The van der Waals surface area contributed by atoms with Crippen LogP contribution in [-0.4, -0.2) is 38.7 Å². The Balaban J connectivity index is 0.00000392. The minimum absolute atomic E-state index is 0. The van der Waals surface area contributed by atoms with Gasteiger partial charge in [0.15, 0.2) is 5.96 Å². The summed E-state index contributed by atoms with van der Waals surface area (Å²) in [7, 11) is 1.63. The molecule has 0 saturated heterocycles. The van der Waals surface area contributed by atoms with Gasteiger partial charge in [-0.15, -0.1) is 24.0 Å². The summed E-state index contributed by atoms with van der Waals surface area (Å²) in [5.41, 5.74) is 6.71. The molecule has 28 heavy (non-hydrogen) atoms. The van der Waals surface area contributed by atoms with E-state index in [4.69, 9.17) is 15.2 Å². The third kappa shape index (κ3) is 8.03. The number of guanidine groups is 1. The molecule has 2 aromatic rings. The van der Waals surface area contributed by atoms with Gasteiger partial charge in [-0.1, -0.05) is 12.1 Å². The summed E-state index contributed by atoms with van der Waals surface area (Å²) in [6.45, 7) is 4.27. The molecule has 0 aliphatic rings. The number of carbonyl (C=O) groups is 1. The zero-order valence-electron chi connectivity index (χ0n) is 16.1. The van der Waals surface area contributed by atoms with Gasteiger partial charge < -0.3 is 25.8 Å². The number of nitrogens with zero attached hydrogens (tertiary/aromatic N) is 1. The molecule has 7 nitrogen and oxygen atoms in total. The second-order valence-corrected chi connectivity index (χ2v) is 5.71. The zero-order chi connectivity index (χ0) is 19.5. The molecule has 0 bridgehead atoms.